The fourth-order valence-corrected chi connectivity index (χ4v) is 3.54. The number of hydrogen-bond donors (Lipinski definition) is 2. The van der Waals surface area contributed by atoms with Crippen LogP contribution in [0.5, 0.6) is 0 Å². The Labute approximate surface area is 96.8 Å². The zero-order valence-electron chi connectivity index (χ0n) is 9.40. The summed E-state index contributed by atoms with van der Waals surface area (Å²) in [6.07, 6.45) is 1.97. The maximum atomic E-state index is 10.9. The molecule has 0 spiro atoms. The van der Waals surface area contributed by atoms with E-state index in [1.165, 1.54) is 6.26 Å². The van der Waals surface area contributed by atoms with E-state index in [0.29, 0.717) is 5.75 Å². The lowest BCUT2D eigenvalue weighted by atomic mass is 10.2. The molecule has 15 heavy (non-hydrogen) atoms. The van der Waals surface area contributed by atoms with E-state index in [1.807, 2.05) is 6.92 Å². The van der Waals surface area contributed by atoms with Gasteiger partial charge in [0.15, 0.2) is 0 Å². The Morgan fingerprint density at radius 2 is 2.13 bits per heavy atom. The molecule has 0 fully saturated rings. The van der Waals surface area contributed by atoms with E-state index in [-0.39, 0.29) is 18.4 Å². The van der Waals surface area contributed by atoms with Crippen molar-refractivity contribution in [2.24, 2.45) is 0 Å². The molecule has 0 aromatic rings. The standard InChI is InChI=1S/C9H21NO3S2/c1-3-10-9(4-5-11)8-14-6-7-15(2,12)13/h9-11H,3-8H2,1-2H3. The third-order valence-corrected chi connectivity index (χ3v) is 4.22. The number of thioether (sulfide) groups is 1. The van der Waals surface area contributed by atoms with E-state index in [4.69, 9.17) is 5.11 Å². The van der Waals surface area contributed by atoms with Crippen molar-refractivity contribution in [3.05, 3.63) is 0 Å². The highest BCUT2D eigenvalue weighted by Gasteiger charge is 2.07. The highest BCUT2D eigenvalue weighted by molar-refractivity contribution is 8.00. The van der Waals surface area contributed by atoms with Crippen molar-refractivity contribution in [2.75, 3.05) is 36.7 Å². The molecule has 0 aliphatic rings. The summed E-state index contributed by atoms with van der Waals surface area (Å²) >= 11 is 1.62. The summed E-state index contributed by atoms with van der Waals surface area (Å²) in [7, 11) is -2.84. The van der Waals surface area contributed by atoms with Gasteiger partial charge in [0.2, 0.25) is 0 Å². The van der Waals surface area contributed by atoms with Crippen molar-refractivity contribution in [3.63, 3.8) is 0 Å². The lowest BCUT2D eigenvalue weighted by Gasteiger charge is -2.15. The smallest absolute Gasteiger partial charge is 0.148 e. The summed E-state index contributed by atoms with van der Waals surface area (Å²) in [4.78, 5) is 0. The molecule has 0 aliphatic carbocycles. The molecule has 6 heteroatoms. The second-order valence-electron chi connectivity index (χ2n) is 3.47. The van der Waals surface area contributed by atoms with Crippen LogP contribution in [0.3, 0.4) is 0 Å². The van der Waals surface area contributed by atoms with Crippen LogP contribution in [0.4, 0.5) is 0 Å². The molecule has 0 heterocycles. The summed E-state index contributed by atoms with van der Waals surface area (Å²) in [6, 6.07) is 0.282. The maximum Gasteiger partial charge on any atom is 0.148 e. The average Bonchev–Trinajstić information content (AvgIpc) is 2.11. The fraction of sp³-hybridized carbons (Fsp3) is 1.00. The summed E-state index contributed by atoms with van der Waals surface area (Å²) < 4.78 is 21.7. The SMILES string of the molecule is CCNC(CCO)CSCCS(C)(=O)=O. The van der Waals surface area contributed by atoms with Gasteiger partial charge in [-0.1, -0.05) is 6.92 Å². The lowest BCUT2D eigenvalue weighted by Crippen LogP contribution is -2.32. The summed E-state index contributed by atoms with van der Waals surface area (Å²) in [5.74, 6) is 1.71. The van der Waals surface area contributed by atoms with Gasteiger partial charge in [-0.25, -0.2) is 8.42 Å². The Hall–Kier alpha value is 0.220. The molecule has 0 rings (SSSR count). The first-order valence-electron chi connectivity index (χ1n) is 5.09. The van der Waals surface area contributed by atoms with Gasteiger partial charge < -0.3 is 10.4 Å². The van der Waals surface area contributed by atoms with Gasteiger partial charge in [0.25, 0.3) is 0 Å². The zero-order chi connectivity index (χ0) is 11.7. The van der Waals surface area contributed by atoms with Crippen LogP contribution in [0.15, 0.2) is 0 Å². The van der Waals surface area contributed by atoms with E-state index in [1.54, 1.807) is 11.8 Å². The third kappa shape index (κ3) is 10.5. The summed E-state index contributed by atoms with van der Waals surface area (Å²) in [5, 5.41) is 12.1. The molecule has 0 bridgehead atoms. The van der Waals surface area contributed by atoms with Crippen LogP contribution in [0.25, 0.3) is 0 Å². The fourth-order valence-electron chi connectivity index (χ4n) is 1.12. The van der Waals surface area contributed by atoms with Crippen molar-refractivity contribution >= 4 is 21.6 Å². The molecule has 0 saturated carbocycles. The molecule has 0 saturated heterocycles. The van der Waals surface area contributed by atoms with E-state index in [0.717, 1.165) is 18.7 Å². The molecular formula is C9H21NO3S2. The zero-order valence-corrected chi connectivity index (χ0v) is 11.0. The third-order valence-electron chi connectivity index (χ3n) is 1.89. The van der Waals surface area contributed by atoms with Crippen LogP contribution in [0.1, 0.15) is 13.3 Å². The first-order chi connectivity index (χ1) is 6.99. The van der Waals surface area contributed by atoms with Gasteiger partial charge >= 0.3 is 0 Å². The van der Waals surface area contributed by atoms with Crippen LogP contribution in [0, 0.1) is 0 Å². The Balaban J connectivity index is 3.61. The summed E-state index contributed by atoms with van der Waals surface area (Å²) in [5.41, 5.74) is 0. The lowest BCUT2D eigenvalue weighted by molar-refractivity contribution is 0.271. The Morgan fingerprint density at radius 3 is 2.60 bits per heavy atom. The van der Waals surface area contributed by atoms with Gasteiger partial charge in [0.1, 0.15) is 9.84 Å². The molecule has 1 unspecified atom stereocenters. The van der Waals surface area contributed by atoms with Crippen molar-refractivity contribution in [1.29, 1.82) is 0 Å². The van der Waals surface area contributed by atoms with E-state index >= 15 is 0 Å². The molecule has 2 N–H and O–H groups in total. The van der Waals surface area contributed by atoms with Gasteiger partial charge in [-0.15, -0.1) is 0 Å². The number of aliphatic hydroxyl groups is 1. The normalized spacial score (nSPS) is 14.1. The van der Waals surface area contributed by atoms with E-state index < -0.39 is 9.84 Å². The van der Waals surface area contributed by atoms with Crippen LogP contribution >= 0.6 is 11.8 Å². The first-order valence-corrected chi connectivity index (χ1v) is 8.30. The number of rotatable bonds is 9. The summed E-state index contributed by atoms with van der Waals surface area (Å²) in [6.45, 7) is 3.06. The second-order valence-corrected chi connectivity index (χ2v) is 6.88. The molecule has 1 atom stereocenters. The largest absolute Gasteiger partial charge is 0.396 e. The van der Waals surface area contributed by atoms with Crippen molar-refractivity contribution in [1.82, 2.24) is 5.32 Å². The van der Waals surface area contributed by atoms with Gasteiger partial charge in [-0.2, -0.15) is 11.8 Å². The Bertz CT molecular complexity index is 236. The van der Waals surface area contributed by atoms with Gasteiger partial charge in [0, 0.05) is 30.4 Å². The van der Waals surface area contributed by atoms with E-state index in [2.05, 4.69) is 5.32 Å². The quantitative estimate of drug-likeness (QED) is 0.573. The molecule has 0 amide bonds. The van der Waals surface area contributed by atoms with Gasteiger partial charge in [0.05, 0.1) is 5.75 Å². The van der Waals surface area contributed by atoms with Crippen molar-refractivity contribution in [3.8, 4) is 0 Å². The highest BCUT2D eigenvalue weighted by atomic mass is 32.2. The minimum Gasteiger partial charge on any atom is -0.396 e. The molecule has 0 radical (unpaired) electrons. The minimum absolute atomic E-state index is 0.171. The average molecular weight is 255 g/mol. The van der Waals surface area contributed by atoms with Gasteiger partial charge in [-0.05, 0) is 13.0 Å². The highest BCUT2D eigenvalue weighted by Crippen LogP contribution is 2.06. The minimum atomic E-state index is -2.84. The molecule has 92 valence electrons. The predicted molar refractivity (Wildman–Crippen MR) is 66.2 cm³/mol. The monoisotopic (exact) mass is 255 g/mol. The number of nitrogens with one attached hydrogen (secondary N) is 1. The van der Waals surface area contributed by atoms with Crippen LogP contribution in [-0.4, -0.2) is 56.2 Å². The first kappa shape index (κ1) is 15.2. The predicted octanol–water partition coefficient (Wildman–Crippen LogP) is 0.125. The van der Waals surface area contributed by atoms with Crippen LogP contribution in [0.2, 0.25) is 0 Å². The number of sulfone groups is 1. The van der Waals surface area contributed by atoms with Crippen LogP contribution in [-0.2, 0) is 9.84 Å². The Kier molecular flexibility index (Phi) is 8.50. The molecule has 0 aromatic heterocycles. The van der Waals surface area contributed by atoms with Crippen molar-refractivity contribution < 1.29 is 13.5 Å². The van der Waals surface area contributed by atoms with Gasteiger partial charge in [-0.3, -0.25) is 0 Å². The topological polar surface area (TPSA) is 66.4 Å². The van der Waals surface area contributed by atoms with Crippen molar-refractivity contribution in [2.45, 2.75) is 19.4 Å². The van der Waals surface area contributed by atoms with Crippen LogP contribution < -0.4 is 5.32 Å². The van der Waals surface area contributed by atoms with E-state index in [9.17, 15) is 8.42 Å². The second kappa shape index (κ2) is 8.38. The maximum absolute atomic E-state index is 10.9. The molecular weight excluding hydrogens is 234 g/mol. The molecule has 4 nitrogen and oxygen atoms in total. The molecule has 0 aromatic carbocycles. The number of hydrogen-bond acceptors (Lipinski definition) is 5. The number of aliphatic hydroxyl groups excluding tert-OH is 1. The molecule has 0 aliphatic heterocycles. The Morgan fingerprint density at radius 1 is 1.47 bits per heavy atom.